The van der Waals surface area contributed by atoms with Crippen LogP contribution in [0.1, 0.15) is 32.1 Å². The quantitative estimate of drug-likeness (QED) is 0.548. The zero-order chi connectivity index (χ0) is 9.68. The Kier molecular flexibility index (Phi) is 4.50. The van der Waals surface area contributed by atoms with Crippen molar-refractivity contribution < 1.29 is 19.0 Å². The number of hydrogen-bond acceptors (Lipinski definition) is 4. The van der Waals surface area contributed by atoms with E-state index in [1.807, 2.05) is 0 Å². The highest BCUT2D eigenvalue weighted by Crippen LogP contribution is 2.34. The van der Waals surface area contributed by atoms with Crippen LogP contribution < -0.4 is 0 Å². The molecule has 0 heterocycles. The minimum Gasteiger partial charge on any atom is -0.469 e. The van der Waals surface area contributed by atoms with Gasteiger partial charge in [-0.1, -0.05) is 6.42 Å². The molecule has 13 heavy (non-hydrogen) atoms. The fourth-order valence-corrected chi connectivity index (χ4v) is 1.85. The number of hydrogen-bond donors (Lipinski definition) is 2. The van der Waals surface area contributed by atoms with Gasteiger partial charge in [-0.25, -0.2) is 0 Å². The molecule has 0 amide bonds. The monoisotopic (exact) mass is 206 g/mol. The first kappa shape index (κ1) is 10.8. The van der Waals surface area contributed by atoms with Crippen LogP contribution in [0.25, 0.3) is 0 Å². The second-order valence-corrected chi connectivity index (χ2v) is 3.69. The van der Waals surface area contributed by atoms with Crippen molar-refractivity contribution in [2.75, 3.05) is 7.11 Å². The lowest BCUT2D eigenvalue weighted by atomic mass is 9.96. The Morgan fingerprint density at radius 3 is 2.31 bits per heavy atom. The molecule has 0 atom stereocenters. The zero-order valence-corrected chi connectivity index (χ0v) is 8.59. The highest BCUT2D eigenvalue weighted by atomic mass is 31.2. The van der Waals surface area contributed by atoms with Crippen LogP contribution in [0.15, 0.2) is 11.5 Å². The lowest BCUT2D eigenvalue weighted by Crippen LogP contribution is -2.02. The molecule has 1 rings (SSSR count). The van der Waals surface area contributed by atoms with E-state index in [-0.39, 0.29) is 0 Å². The van der Waals surface area contributed by atoms with Gasteiger partial charge in [0.2, 0.25) is 0 Å². The Morgan fingerprint density at radius 2 is 1.85 bits per heavy atom. The number of rotatable bonds is 3. The van der Waals surface area contributed by atoms with Crippen LogP contribution in [0.2, 0.25) is 0 Å². The smallest absolute Gasteiger partial charge is 0.393 e. The molecule has 0 spiro atoms. The summed E-state index contributed by atoms with van der Waals surface area (Å²) in [5.41, 5.74) is 1.06. The number of methoxy groups -OCH3 is 1. The molecular weight excluding hydrogens is 191 g/mol. The normalized spacial score (nSPS) is 17.4. The van der Waals surface area contributed by atoms with Gasteiger partial charge in [0.05, 0.1) is 7.11 Å². The predicted molar refractivity (Wildman–Crippen MR) is 49.6 cm³/mol. The molecule has 1 fully saturated rings. The molecule has 0 bridgehead atoms. The van der Waals surface area contributed by atoms with E-state index in [1.54, 1.807) is 0 Å². The summed E-state index contributed by atoms with van der Waals surface area (Å²) in [5.74, 6) is 0.302. The predicted octanol–water partition coefficient (Wildman–Crippen LogP) is 2.04. The van der Waals surface area contributed by atoms with Crippen molar-refractivity contribution in [3.63, 3.8) is 0 Å². The lowest BCUT2D eigenvalue weighted by Gasteiger charge is -2.17. The summed E-state index contributed by atoms with van der Waals surface area (Å²) in [4.78, 5) is 17.3. The van der Waals surface area contributed by atoms with Crippen molar-refractivity contribution in [2.24, 2.45) is 0 Å². The zero-order valence-electron chi connectivity index (χ0n) is 7.69. The first-order valence-electron chi connectivity index (χ1n) is 4.36. The molecule has 0 saturated heterocycles. The van der Waals surface area contributed by atoms with Crippen molar-refractivity contribution in [1.82, 2.24) is 0 Å². The van der Waals surface area contributed by atoms with E-state index >= 15 is 0 Å². The number of ether oxygens (including phenoxy) is 1. The topological polar surface area (TPSA) is 58.9 Å². The van der Waals surface area contributed by atoms with Crippen LogP contribution in [0, 0.1) is 0 Å². The Balaban J connectivity index is 2.59. The van der Waals surface area contributed by atoms with Crippen LogP contribution in [0.4, 0.5) is 0 Å². The fraction of sp³-hybridized carbons (Fsp3) is 0.750. The molecule has 1 aliphatic rings. The largest absolute Gasteiger partial charge is 0.469 e. The van der Waals surface area contributed by atoms with Crippen LogP contribution in [0.5, 0.6) is 0 Å². The Hall–Kier alpha value is -0.310. The maximum Gasteiger partial charge on any atom is 0.393 e. The molecular formula is C8H15O4P. The van der Waals surface area contributed by atoms with Crippen molar-refractivity contribution in [3.8, 4) is 0 Å². The van der Waals surface area contributed by atoms with Gasteiger partial charge < -0.3 is 19.0 Å². The second kappa shape index (κ2) is 5.43. The molecule has 1 aliphatic carbocycles. The van der Waals surface area contributed by atoms with E-state index in [1.165, 1.54) is 13.5 Å². The summed E-state index contributed by atoms with van der Waals surface area (Å²) >= 11 is 0. The third kappa shape index (κ3) is 3.51. The Labute approximate surface area is 79.2 Å². The molecule has 5 heteroatoms. The van der Waals surface area contributed by atoms with Gasteiger partial charge in [0.15, 0.2) is 0 Å². The molecule has 0 unspecified atom stereocenters. The van der Waals surface area contributed by atoms with Crippen molar-refractivity contribution in [1.29, 1.82) is 0 Å². The number of allylic oxidation sites excluding steroid dienone is 1. The standard InChI is InChI=1S/C8H15O4P/c1-11-8(12-13(9)10)7-5-3-2-4-6-7/h9-10H,2-6H2,1H3. The molecule has 2 N–H and O–H groups in total. The maximum absolute atomic E-state index is 8.67. The van der Waals surface area contributed by atoms with E-state index in [2.05, 4.69) is 0 Å². The van der Waals surface area contributed by atoms with Crippen molar-refractivity contribution in [3.05, 3.63) is 11.5 Å². The van der Waals surface area contributed by atoms with Gasteiger partial charge in [-0.3, -0.25) is 0 Å². The average Bonchev–Trinajstić information content (AvgIpc) is 2.15. The molecule has 0 aromatic carbocycles. The van der Waals surface area contributed by atoms with Gasteiger partial charge in [-0.2, -0.15) is 0 Å². The van der Waals surface area contributed by atoms with Crippen molar-refractivity contribution in [2.45, 2.75) is 32.1 Å². The first-order valence-corrected chi connectivity index (χ1v) is 5.52. The summed E-state index contributed by atoms with van der Waals surface area (Å²) in [6, 6.07) is 0. The van der Waals surface area contributed by atoms with Gasteiger partial charge in [0, 0.05) is 5.57 Å². The third-order valence-corrected chi connectivity index (χ3v) is 2.42. The summed E-state index contributed by atoms with van der Waals surface area (Å²) in [6.45, 7) is 0. The van der Waals surface area contributed by atoms with Crippen LogP contribution in [0.3, 0.4) is 0 Å². The Bertz CT molecular complexity index is 183. The molecule has 0 radical (unpaired) electrons. The molecule has 4 nitrogen and oxygen atoms in total. The van der Waals surface area contributed by atoms with E-state index < -0.39 is 8.60 Å². The summed E-state index contributed by atoms with van der Waals surface area (Å²) < 4.78 is 9.73. The van der Waals surface area contributed by atoms with Gasteiger partial charge in [0.1, 0.15) is 0 Å². The highest BCUT2D eigenvalue weighted by Gasteiger charge is 2.15. The highest BCUT2D eigenvalue weighted by molar-refractivity contribution is 7.39. The molecule has 0 aliphatic heterocycles. The van der Waals surface area contributed by atoms with Gasteiger partial charge in [-0.15, -0.1) is 0 Å². The average molecular weight is 206 g/mol. The van der Waals surface area contributed by atoms with E-state index in [0.717, 1.165) is 31.3 Å². The van der Waals surface area contributed by atoms with E-state index in [0.29, 0.717) is 5.95 Å². The molecule has 76 valence electrons. The summed E-state index contributed by atoms with van der Waals surface area (Å²) in [6.07, 6.45) is 5.35. The van der Waals surface area contributed by atoms with E-state index in [4.69, 9.17) is 19.0 Å². The molecule has 0 aromatic heterocycles. The minimum atomic E-state index is -2.35. The van der Waals surface area contributed by atoms with Crippen molar-refractivity contribution >= 4 is 8.60 Å². The summed E-state index contributed by atoms with van der Waals surface area (Å²) in [5, 5.41) is 0. The van der Waals surface area contributed by atoms with Crippen LogP contribution >= 0.6 is 8.60 Å². The SMILES string of the molecule is COC(OP(O)O)=C1CCCCC1. The molecule has 1 saturated carbocycles. The maximum atomic E-state index is 8.67. The van der Waals surface area contributed by atoms with E-state index in [9.17, 15) is 0 Å². The molecule has 0 aromatic rings. The van der Waals surface area contributed by atoms with Gasteiger partial charge in [-0.05, 0) is 25.7 Å². The third-order valence-electron chi connectivity index (χ3n) is 2.10. The van der Waals surface area contributed by atoms with Gasteiger partial charge >= 0.3 is 8.60 Å². The lowest BCUT2D eigenvalue weighted by molar-refractivity contribution is 0.129. The van der Waals surface area contributed by atoms with Gasteiger partial charge in [0.25, 0.3) is 5.95 Å². The first-order chi connectivity index (χ1) is 6.24. The second-order valence-electron chi connectivity index (χ2n) is 3.00. The minimum absolute atomic E-state index is 0.302. The van der Waals surface area contributed by atoms with Crippen LogP contribution in [-0.2, 0) is 9.26 Å². The Morgan fingerprint density at radius 1 is 1.23 bits per heavy atom. The fourth-order valence-electron chi connectivity index (χ4n) is 1.50. The summed E-state index contributed by atoms with van der Waals surface area (Å²) in [7, 11) is -0.871. The van der Waals surface area contributed by atoms with Crippen LogP contribution in [-0.4, -0.2) is 16.9 Å².